The minimum absolute atomic E-state index is 0.0676. The highest BCUT2D eigenvalue weighted by molar-refractivity contribution is 9.09. The molecule has 1 aliphatic rings. The molecule has 92 valence electrons. The first-order valence-corrected chi connectivity index (χ1v) is 6.77. The predicted octanol–water partition coefficient (Wildman–Crippen LogP) is 2.45. The van der Waals surface area contributed by atoms with Crippen LogP contribution in [0.3, 0.4) is 0 Å². The second-order valence-electron chi connectivity index (χ2n) is 4.18. The van der Waals surface area contributed by atoms with Crippen molar-refractivity contribution in [1.82, 2.24) is 4.90 Å². The van der Waals surface area contributed by atoms with E-state index in [0.29, 0.717) is 4.83 Å². The molecule has 1 fully saturated rings. The average molecular weight is 298 g/mol. The topological polar surface area (TPSA) is 29.5 Å². The number of alkyl halides is 1. The molecule has 1 heterocycles. The lowest BCUT2D eigenvalue weighted by molar-refractivity contribution is -0.134. The third kappa shape index (κ3) is 3.73. The van der Waals surface area contributed by atoms with Crippen LogP contribution in [0.4, 0.5) is 0 Å². The summed E-state index contributed by atoms with van der Waals surface area (Å²) in [7, 11) is 0. The maximum atomic E-state index is 11.9. The highest BCUT2D eigenvalue weighted by Gasteiger charge is 2.21. The quantitative estimate of drug-likeness (QED) is 0.802. The van der Waals surface area contributed by atoms with Crippen LogP contribution in [0.15, 0.2) is 30.3 Å². The van der Waals surface area contributed by atoms with Crippen molar-refractivity contribution >= 4 is 21.8 Å². The van der Waals surface area contributed by atoms with Crippen LogP contribution in [0.5, 0.6) is 5.75 Å². The summed E-state index contributed by atoms with van der Waals surface area (Å²) in [6.07, 6.45) is 2.20. The number of ether oxygens (including phenoxy) is 1. The molecule has 0 saturated carbocycles. The van der Waals surface area contributed by atoms with Crippen molar-refractivity contribution in [2.45, 2.75) is 17.7 Å². The van der Waals surface area contributed by atoms with E-state index in [1.165, 1.54) is 0 Å². The van der Waals surface area contributed by atoms with Crippen LogP contribution in [0.1, 0.15) is 12.8 Å². The van der Waals surface area contributed by atoms with Gasteiger partial charge < -0.3 is 9.64 Å². The SMILES string of the molecule is O=C(COc1ccccc1)N1CCCC(Br)C1. The van der Waals surface area contributed by atoms with E-state index in [9.17, 15) is 4.79 Å². The molecule has 0 bridgehead atoms. The summed E-state index contributed by atoms with van der Waals surface area (Å²) >= 11 is 3.56. The summed E-state index contributed by atoms with van der Waals surface area (Å²) in [6, 6.07) is 9.44. The number of halogens is 1. The fraction of sp³-hybridized carbons (Fsp3) is 0.462. The number of piperidine rings is 1. The van der Waals surface area contributed by atoms with E-state index in [0.717, 1.165) is 31.7 Å². The molecule has 0 N–H and O–H groups in total. The van der Waals surface area contributed by atoms with E-state index in [2.05, 4.69) is 15.9 Å². The Morgan fingerprint density at radius 3 is 2.88 bits per heavy atom. The Morgan fingerprint density at radius 2 is 2.18 bits per heavy atom. The van der Waals surface area contributed by atoms with Crippen LogP contribution in [0.25, 0.3) is 0 Å². The van der Waals surface area contributed by atoms with E-state index < -0.39 is 0 Å². The summed E-state index contributed by atoms with van der Waals surface area (Å²) in [5, 5.41) is 0. The van der Waals surface area contributed by atoms with Crippen LogP contribution in [-0.2, 0) is 4.79 Å². The number of hydrogen-bond acceptors (Lipinski definition) is 2. The third-order valence-corrected chi connectivity index (χ3v) is 3.57. The zero-order valence-corrected chi connectivity index (χ0v) is 11.2. The van der Waals surface area contributed by atoms with Gasteiger partial charge in [0.2, 0.25) is 0 Å². The number of hydrogen-bond donors (Lipinski definition) is 0. The molecule has 1 saturated heterocycles. The fourth-order valence-electron chi connectivity index (χ4n) is 1.90. The summed E-state index contributed by atoms with van der Waals surface area (Å²) in [6.45, 7) is 1.76. The van der Waals surface area contributed by atoms with E-state index in [1.54, 1.807) is 0 Å². The van der Waals surface area contributed by atoms with Gasteiger partial charge in [-0.3, -0.25) is 4.79 Å². The second kappa shape index (κ2) is 6.05. The molecular formula is C13H16BrNO2. The zero-order valence-electron chi connectivity index (χ0n) is 9.64. The molecule has 3 nitrogen and oxygen atoms in total. The largest absolute Gasteiger partial charge is 0.484 e. The van der Waals surface area contributed by atoms with Crippen LogP contribution in [0, 0.1) is 0 Å². The fourth-order valence-corrected chi connectivity index (χ4v) is 2.58. The predicted molar refractivity (Wildman–Crippen MR) is 70.5 cm³/mol. The molecular weight excluding hydrogens is 282 g/mol. The second-order valence-corrected chi connectivity index (χ2v) is 5.48. The summed E-state index contributed by atoms with van der Waals surface area (Å²) < 4.78 is 5.45. The highest BCUT2D eigenvalue weighted by Crippen LogP contribution is 2.17. The van der Waals surface area contributed by atoms with E-state index >= 15 is 0 Å². The number of carbonyl (C=O) groups excluding carboxylic acids is 1. The van der Waals surface area contributed by atoms with Gasteiger partial charge in [0.05, 0.1) is 0 Å². The summed E-state index contributed by atoms with van der Waals surface area (Å²) in [5.41, 5.74) is 0. The number of amides is 1. The Morgan fingerprint density at radius 1 is 1.41 bits per heavy atom. The Bertz CT molecular complexity index is 369. The molecule has 4 heteroatoms. The molecule has 0 radical (unpaired) electrons. The lowest BCUT2D eigenvalue weighted by Gasteiger charge is -2.29. The molecule has 0 aromatic heterocycles. The van der Waals surface area contributed by atoms with Crippen molar-refractivity contribution < 1.29 is 9.53 Å². The maximum Gasteiger partial charge on any atom is 0.260 e. The Hall–Kier alpha value is -1.03. The number of benzene rings is 1. The molecule has 1 unspecified atom stereocenters. The zero-order chi connectivity index (χ0) is 12.1. The monoisotopic (exact) mass is 297 g/mol. The smallest absolute Gasteiger partial charge is 0.260 e. The van der Waals surface area contributed by atoms with Crippen molar-refractivity contribution in [3.8, 4) is 5.75 Å². The van der Waals surface area contributed by atoms with Crippen LogP contribution in [-0.4, -0.2) is 35.3 Å². The molecule has 0 aliphatic carbocycles. The molecule has 1 aromatic carbocycles. The van der Waals surface area contributed by atoms with Gasteiger partial charge in [0.15, 0.2) is 6.61 Å². The van der Waals surface area contributed by atoms with Crippen LogP contribution < -0.4 is 4.74 Å². The minimum Gasteiger partial charge on any atom is -0.484 e. The third-order valence-electron chi connectivity index (χ3n) is 2.82. The Labute approximate surface area is 110 Å². The first-order chi connectivity index (χ1) is 8.25. The molecule has 1 aliphatic heterocycles. The van der Waals surface area contributed by atoms with Crippen molar-refractivity contribution in [1.29, 1.82) is 0 Å². The Kier molecular flexibility index (Phi) is 4.42. The van der Waals surface area contributed by atoms with Gasteiger partial charge in [0.1, 0.15) is 5.75 Å². The maximum absolute atomic E-state index is 11.9. The molecule has 1 aromatic rings. The van der Waals surface area contributed by atoms with Crippen LogP contribution in [0.2, 0.25) is 0 Å². The number of para-hydroxylation sites is 1. The van der Waals surface area contributed by atoms with Gasteiger partial charge in [-0.2, -0.15) is 0 Å². The van der Waals surface area contributed by atoms with Gasteiger partial charge in [0.25, 0.3) is 5.91 Å². The molecule has 0 spiro atoms. The van der Waals surface area contributed by atoms with Gasteiger partial charge in [-0.15, -0.1) is 0 Å². The first-order valence-electron chi connectivity index (χ1n) is 5.85. The van der Waals surface area contributed by atoms with Crippen molar-refractivity contribution in [2.75, 3.05) is 19.7 Å². The van der Waals surface area contributed by atoms with Gasteiger partial charge >= 0.3 is 0 Å². The standard InChI is InChI=1S/C13H16BrNO2/c14-11-5-4-8-15(9-11)13(16)10-17-12-6-2-1-3-7-12/h1-3,6-7,11H,4-5,8-10H2. The van der Waals surface area contributed by atoms with Crippen molar-refractivity contribution in [2.24, 2.45) is 0 Å². The molecule has 1 amide bonds. The number of nitrogens with zero attached hydrogens (tertiary/aromatic N) is 1. The summed E-state index contributed by atoms with van der Waals surface area (Å²) in [4.78, 5) is 14.2. The van der Waals surface area contributed by atoms with Crippen molar-refractivity contribution in [3.05, 3.63) is 30.3 Å². The van der Waals surface area contributed by atoms with Gasteiger partial charge in [0, 0.05) is 17.9 Å². The lowest BCUT2D eigenvalue weighted by Crippen LogP contribution is -2.42. The average Bonchev–Trinajstić information content (AvgIpc) is 2.37. The number of carbonyl (C=O) groups is 1. The van der Waals surface area contributed by atoms with Crippen LogP contribution >= 0.6 is 15.9 Å². The summed E-state index contributed by atoms with van der Waals surface area (Å²) in [5.74, 6) is 0.811. The molecule has 2 rings (SSSR count). The normalized spacial score (nSPS) is 20.1. The van der Waals surface area contributed by atoms with Gasteiger partial charge in [-0.05, 0) is 25.0 Å². The Balaban J connectivity index is 1.81. The van der Waals surface area contributed by atoms with E-state index in [1.807, 2.05) is 35.2 Å². The number of rotatable bonds is 3. The van der Waals surface area contributed by atoms with Crippen molar-refractivity contribution in [3.63, 3.8) is 0 Å². The molecule has 1 atom stereocenters. The molecule has 17 heavy (non-hydrogen) atoms. The highest BCUT2D eigenvalue weighted by atomic mass is 79.9. The van der Waals surface area contributed by atoms with Gasteiger partial charge in [-0.1, -0.05) is 34.1 Å². The van der Waals surface area contributed by atoms with E-state index in [4.69, 9.17) is 4.74 Å². The number of likely N-dealkylation sites (tertiary alicyclic amines) is 1. The van der Waals surface area contributed by atoms with Gasteiger partial charge in [-0.25, -0.2) is 0 Å². The lowest BCUT2D eigenvalue weighted by atomic mass is 10.1. The van der Waals surface area contributed by atoms with E-state index in [-0.39, 0.29) is 12.5 Å². The minimum atomic E-state index is 0.0676. The first kappa shape index (κ1) is 12.4.